The smallest absolute Gasteiger partial charge is 0.0804 e. The zero-order chi connectivity index (χ0) is 19.1. The van der Waals surface area contributed by atoms with Gasteiger partial charge in [0.25, 0.3) is 0 Å². The maximum atomic E-state index is 4.97. The summed E-state index contributed by atoms with van der Waals surface area (Å²) in [5.41, 5.74) is 9.59. The Morgan fingerprint density at radius 2 is 1.54 bits per heavy atom. The van der Waals surface area contributed by atoms with Crippen LogP contribution in [0.5, 0.6) is 0 Å². The van der Waals surface area contributed by atoms with E-state index in [9.17, 15) is 0 Å². The Balaban J connectivity index is 1.78. The van der Waals surface area contributed by atoms with Crippen LogP contribution in [0.1, 0.15) is 18.2 Å². The summed E-state index contributed by atoms with van der Waals surface area (Å²) in [6.07, 6.45) is 2.30. The van der Waals surface area contributed by atoms with Crippen LogP contribution in [0.25, 0.3) is 28.1 Å². The molecule has 28 heavy (non-hydrogen) atoms. The average molecular weight is 362 g/mol. The number of benzene rings is 3. The molecule has 1 aromatic heterocycles. The van der Waals surface area contributed by atoms with Gasteiger partial charge in [-0.05, 0) is 55.3 Å². The van der Waals surface area contributed by atoms with Crippen LogP contribution in [0.3, 0.4) is 0 Å². The number of aromatic nitrogens is 1. The minimum absolute atomic E-state index is 0.903. The lowest BCUT2D eigenvalue weighted by Gasteiger charge is -2.31. The lowest BCUT2D eigenvalue weighted by molar-refractivity contribution is 1.03. The van der Waals surface area contributed by atoms with E-state index in [-0.39, 0.29) is 0 Å². The maximum absolute atomic E-state index is 4.97. The Morgan fingerprint density at radius 1 is 0.821 bits per heavy atom. The second-order valence-electron chi connectivity index (χ2n) is 7.48. The van der Waals surface area contributed by atoms with E-state index in [1.807, 2.05) is 0 Å². The Kier molecular flexibility index (Phi) is 3.98. The van der Waals surface area contributed by atoms with Crippen molar-refractivity contribution in [3.05, 3.63) is 95.7 Å². The first-order valence-corrected chi connectivity index (χ1v) is 9.70. The molecule has 0 unspecified atom stereocenters. The molecule has 0 radical (unpaired) electrons. The fourth-order valence-electron chi connectivity index (χ4n) is 4.13. The zero-order valence-corrected chi connectivity index (χ0v) is 16.2. The molecule has 5 rings (SSSR count). The van der Waals surface area contributed by atoms with Gasteiger partial charge in [0.1, 0.15) is 0 Å². The van der Waals surface area contributed by atoms with E-state index >= 15 is 0 Å². The van der Waals surface area contributed by atoms with Crippen molar-refractivity contribution < 1.29 is 0 Å². The van der Waals surface area contributed by atoms with E-state index in [0.717, 1.165) is 17.8 Å². The van der Waals surface area contributed by atoms with E-state index in [2.05, 4.69) is 104 Å². The quantitative estimate of drug-likeness (QED) is 0.391. The Labute approximate surface area is 165 Å². The van der Waals surface area contributed by atoms with Crippen molar-refractivity contribution in [3.8, 4) is 11.1 Å². The number of pyridine rings is 1. The van der Waals surface area contributed by atoms with Gasteiger partial charge >= 0.3 is 0 Å². The van der Waals surface area contributed by atoms with E-state index in [1.165, 1.54) is 39.0 Å². The van der Waals surface area contributed by atoms with Crippen LogP contribution in [-0.4, -0.2) is 11.5 Å². The molecule has 0 aliphatic carbocycles. The summed E-state index contributed by atoms with van der Waals surface area (Å²) in [7, 11) is 0. The molecule has 0 spiro atoms. The molecule has 0 bridgehead atoms. The van der Waals surface area contributed by atoms with Crippen LogP contribution in [-0.2, 0) is 0 Å². The first kappa shape index (κ1) is 16.8. The molecule has 1 aliphatic rings. The number of para-hydroxylation sites is 1. The molecule has 0 amide bonds. The van der Waals surface area contributed by atoms with Crippen LogP contribution in [0.2, 0.25) is 0 Å². The minimum atomic E-state index is 0.903. The fourth-order valence-corrected chi connectivity index (χ4v) is 4.13. The predicted molar refractivity (Wildman–Crippen MR) is 119 cm³/mol. The normalized spacial score (nSPS) is 13.4. The number of fused-ring (bicyclic) bond motifs is 3. The van der Waals surface area contributed by atoms with Gasteiger partial charge in [-0.15, -0.1) is 0 Å². The topological polar surface area (TPSA) is 16.1 Å². The third kappa shape index (κ3) is 2.78. The predicted octanol–water partition coefficient (Wildman–Crippen LogP) is 6.77. The summed E-state index contributed by atoms with van der Waals surface area (Å²) in [5.74, 6) is 0. The van der Waals surface area contributed by atoms with E-state index in [0.29, 0.717) is 0 Å². The molecule has 0 N–H and O–H groups in total. The molecule has 2 nitrogen and oxygen atoms in total. The van der Waals surface area contributed by atoms with Crippen molar-refractivity contribution in [2.24, 2.45) is 0 Å². The standard InChI is InChI=1S/C26H22N2/c1-18-15-24-25(28(17-18)21-11-7-4-8-12-21)14-13-22-23(16-19(2)27-26(22)24)20-9-5-3-6-10-20/h3-16H,17H2,1-2H3. The molecule has 136 valence electrons. The van der Waals surface area contributed by atoms with Crippen molar-refractivity contribution in [1.29, 1.82) is 0 Å². The van der Waals surface area contributed by atoms with Crippen molar-refractivity contribution in [2.45, 2.75) is 13.8 Å². The first-order valence-electron chi connectivity index (χ1n) is 9.70. The van der Waals surface area contributed by atoms with Gasteiger partial charge in [-0.2, -0.15) is 0 Å². The summed E-state index contributed by atoms with van der Waals surface area (Å²) < 4.78 is 0. The largest absolute Gasteiger partial charge is 0.337 e. The van der Waals surface area contributed by atoms with Crippen molar-refractivity contribution in [2.75, 3.05) is 11.4 Å². The summed E-state index contributed by atoms with van der Waals surface area (Å²) in [6.45, 7) is 5.19. The molecule has 0 fully saturated rings. The first-order chi connectivity index (χ1) is 13.7. The van der Waals surface area contributed by atoms with E-state index in [1.54, 1.807) is 0 Å². The fraction of sp³-hybridized carbons (Fsp3) is 0.115. The molecule has 0 atom stereocenters. The lowest BCUT2D eigenvalue weighted by atomic mass is 9.94. The van der Waals surface area contributed by atoms with Crippen molar-refractivity contribution >= 4 is 28.4 Å². The van der Waals surface area contributed by atoms with Gasteiger partial charge in [0.05, 0.1) is 11.2 Å². The van der Waals surface area contributed by atoms with Crippen LogP contribution in [0, 0.1) is 6.92 Å². The van der Waals surface area contributed by atoms with Crippen LogP contribution < -0.4 is 4.90 Å². The highest BCUT2D eigenvalue weighted by Crippen LogP contribution is 2.40. The van der Waals surface area contributed by atoms with E-state index < -0.39 is 0 Å². The Bertz CT molecular complexity index is 1190. The van der Waals surface area contributed by atoms with E-state index in [4.69, 9.17) is 4.98 Å². The van der Waals surface area contributed by atoms with Crippen LogP contribution >= 0.6 is 0 Å². The third-order valence-electron chi connectivity index (χ3n) is 5.37. The van der Waals surface area contributed by atoms with Gasteiger partial charge in [0.2, 0.25) is 0 Å². The molecule has 0 saturated carbocycles. The second kappa shape index (κ2) is 6.65. The summed E-state index contributed by atoms with van der Waals surface area (Å²) in [4.78, 5) is 7.35. The Morgan fingerprint density at radius 3 is 2.29 bits per heavy atom. The molecule has 2 heteroatoms. The lowest BCUT2D eigenvalue weighted by Crippen LogP contribution is -2.23. The number of aryl methyl sites for hydroxylation is 1. The molecular formula is C26H22N2. The highest BCUT2D eigenvalue weighted by molar-refractivity contribution is 6.03. The van der Waals surface area contributed by atoms with Gasteiger partial charge in [-0.1, -0.05) is 60.2 Å². The molecule has 0 saturated heterocycles. The highest BCUT2D eigenvalue weighted by atomic mass is 15.1. The molecule has 4 aromatic rings. The number of hydrogen-bond donors (Lipinski definition) is 0. The van der Waals surface area contributed by atoms with Crippen molar-refractivity contribution in [1.82, 2.24) is 4.98 Å². The van der Waals surface area contributed by atoms with Gasteiger partial charge < -0.3 is 4.90 Å². The molecule has 1 aliphatic heterocycles. The average Bonchev–Trinajstić information content (AvgIpc) is 2.74. The van der Waals surface area contributed by atoms with Gasteiger partial charge in [-0.3, -0.25) is 4.98 Å². The summed E-state index contributed by atoms with van der Waals surface area (Å²) in [6, 6.07) is 27.9. The molecule has 3 aromatic carbocycles. The Hall–Kier alpha value is -3.39. The summed E-state index contributed by atoms with van der Waals surface area (Å²) >= 11 is 0. The van der Waals surface area contributed by atoms with Gasteiger partial charge in [0.15, 0.2) is 0 Å². The minimum Gasteiger partial charge on any atom is -0.337 e. The monoisotopic (exact) mass is 362 g/mol. The number of hydrogen-bond acceptors (Lipinski definition) is 2. The van der Waals surface area contributed by atoms with Gasteiger partial charge in [0, 0.05) is 28.9 Å². The van der Waals surface area contributed by atoms with Gasteiger partial charge in [-0.25, -0.2) is 0 Å². The summed E-state index contributed by atoms with van der Waals surface area (Å²) in [5, 5.41) is 1.20. The number of nitrogens with zero attached hydrogens (tertiary/aromatic N) is 2. The second-order valence-corrected chi connectivity index (χ2v) is 7.48. The molecule has 2 heterocycles. The molecular weight excluding hydrogens is 340 g/mol. The van der Waals surface area contributed by atoms with Crippen LogP contribution in [0.4, 0.5) is 11.4 Å². The van der Waals surface area contributed by atoms with Crippen molar-refractivity contribution in [3.63, 3.8) is 0 Å². The van der Waals surface area contributed by atoms with Crippen LogP contribution in [0.15, 0.2) is 84.4 Å². The SMILES string of the molecule is CC1=Cc2c(ccc3c(-c4ccccc4)cc(C)nc23)N(c2ccccc2)C1. The number of rotatable bonds is 2. The number of anilines is 2. The maximum Gasteiger partial charge on any atom is 0.0804 e. The highest BCUT2D eigenvalue weighted by Gasteiger charge is 2.21. The zero-order valence-electron chi connectivity index (χ0n) is 16.2. The third-order valence-corrected chi connectivity index (χ3v) is 5.37.